The van der Waals surface area contributed by atoms with Gasteiger partial charge in [-0.2, -0.15) is 0 Å². The lowest BCUT2D eigenvalue weighted by Crippen LogP contribution is -2.12. The minimum absolute atomic E-state index is 0.353. The number of carbonyl (C=O) groups excluding carboxylic acids is 1. The van der Waals surface area contributed by atoms with Gasteiger partial charge < -0.3 is 20.8 Å². The lowest BCUT2D eigenvalue weighted by Gasteiger charge is -2.11. The molecule has 0 saturated carbocycles. The second kappa shape index (κ2) is 6.29. The van der Waals surface area contributed by atoms with E-state index in [1.165, 1.54) is 7.11 Å². The van der Waals surface area contributed by atoms with Crippen molar-refractivity contribution in [1.82, 2.24) is 9.97 Å². The second-order valence-corrected chi connectivity index (χ2v) is 5.77. The Kier molecular flexibility index (Phi) is 4.18. The van der Waals surface area contributed by atoms with Crippen LogP contribution in [-0.4, -0.2) is 28.0 Å². The molecule has 0 aliphatic rings. The Morgan fingerprint density at radius 1 is 1.33 bits per heavy atom. The van der Waals surface area contributed by atoms with Crippen LogP contribution in [0.25, 0.3) is 11.0 Å². The molecule has 0 saturated heterocycles. The van der Waals surface area contributed by atoms with Gasteiger partial charge in [0.1, 0.15) is 16.3 Å². The topological polar surface area (TPSA) is 93.0 Å². The van der Waals surface area contributed by atoms with Crippen molar-refractivity contribution in [3.63, 3.8) is 0 Å². The molecule has 0 spiro atoms. The fourth-order valence-electron chi connectivity index (χ4n) is 2.39. The molecule has 122 valence electrons. The van der Waals surface area contributed by atoms with Crippen LogP contribution < -0.4 is 11.1 Å². The summed E-state index contributed by atoms with van der Waals surface area (Å²) in [6.07, 6.45) is 1.65. The summed E-state index contributed by atoms with van der Waals surface area (Å²) in [6.45, 7) is 1.97. The summed E-state index contributed by atoms with van der Waals surface area (Å²) >= 11 is 5.46. The Hall–Kier alpha value is -2.93. The van der Waals surface area contributed by atoms with Crippen molar-refractivity contribution in [3.8, 4) is 0 Å². The predicted molar refractivity (Wildman–Crippen MR) is 98.3 cm³/mol. The number of nitrogens with one attached hydrogen (secondary N) is 2. The van der Waals surface area contributed by atoms with Gasteiger partial charge in [0.05, 0.1) is 19.0 Å². The van der Waals surface area contributed by atoms with Crippen LogP contribution in [0.15, 0.2) is 36.5 Å². The van der Waals surface area contributed by atoms with Crippen LogP contribution in [0.3, 0.4) is 0 Å². The summed E-state index contributed by atoms with van der Waals surface area (Å²) in [5, 5.41) is 3.94. The van der Waals surface area contributed by atoms with Crippen LogP contribution in [0.5, 0.6) is 0 Å². The van der Waals surface area contributed by atoms with Crippen LogP contribution in [0.1, 0.15) is 21.6 Å². The van der Waals surface area contributed by atoms with E-state index in [1.54, 1.807) is 12.3 Å². The number of rotatable bonds is 3. The van der Waals surface area contributed by atoms with Crippen molar-refractivity contribution in [2.45, 2.75) is 6.92 Å². The molecule has 24 heavy (non-hydrogen) atoms. The first-order chi connectivity index (χ1) is 11.5. The Bertz CT molecular complexity index is 949. The smallest absolute Gasteiger partial charge is 0.354 e. The van der Waals surface area contributed by atoms with Crippen molar-refractivity contribution < 1.29 is 9.53 Å². The molecule has 0 atom stereocenters. The normalized spacial score (nSPS) is 10.6. The number of nitrogen functional groups attached to an aromatic ring is 1. The fraction of sp³-hybridized carbons (Fsp3) is 0.118. The average Bonchev–Trinajstić information content (AvgIpc) is 2.99. The van der Waals surface area contributed by atoms with Gasteiger partial charge in [-0.1, -0.05) is 18.3 Å². The van der Waals surface area contributed by atoms with Crippen LogP contribution in [0.4, 0.5) is 11.4 Å². The first-order valence-electron chi connectivity index (χ1n) is 7.22. The van der Waals surface area contributed by atoms with Crippen molar-refractivity contribution in [1.29, 1.82) is 0 Å². The first kappa shape index (κ1) is 15.9. The second-order valence-electron chi connectivity index (χ2n) is 5.36. The number of fused-ring (bicyclic) bond motifs is 1. The number of aromatic amines is 1. The number of benzene rings is 1. The highest BCUT2D eigenvalue weighted by atomic mass is 32.1. The number of nitrogens with two attached hydrogens (primary N) is 1. The zero-order valence-corrected chi connectivity index (χ0v) is 14.0. The molecule has 3 rings (SSSR count). The molecule has 3 aromatic rings. The third-order valence-corrected chi connectivity index (χ3v) is 3.96. The third-order valence-electron chi connectivity index (χ3n) is 3.64. The van der Waals surface area contributed by atoms with Gasteiger partial charge in [0.25, 0.3) is 0 Å². The molecule has 0 bridgehead atoms. The van der Waals surface area contributed by atoms with Crippen LogP contribution in [-0.2, 0) is 4.74 Å². The van der Waals surface area contributed by atoms with E-state index in [1.807, 2.05) is 31.2 Å². The maximum atomic E-state index is 11.6. The summed E-state index contributed by atoms with van der Waals surface area (Å²) in [4.78, 5) is 19.3. The van der Waals surface area contributed by atoms with E-state index >= 15 is 0 Å². The quantitative estimate of drug-likeness (QED) is 0.385. The van der Waals surface area contributed by atoms with Crippen molar-refractivity contribution in [3.05, 3.63) is 53.3 Å². The molecule has 2 aromatic heterocycles. The van der Waals surface area contributed by atoms with Gasteiger partial charge >= 0.3 is 5.97 Å². The monoisotopic (exact) mass is 340 g/mol. The molecular weight excluding hydrogens is 324 g/mol. The van der Waals surface area contributed by atoms with Gasteiger partial charge in [-0.3, -0.25) is 0 Å². The highest BCUT2D eigenvalue weighted by Crippen LogP contribution is 2.20. The number of esters is 1. The van der Waals surface area contributed by atoms with Gasteiger partial charge in [-0.15, -0.1) is 0 Å². The Balaban J connectivity index is 1.88. The number of hydrogen-bond acceptors (Lipinski definition) is 5. The number of nitrogens with zero attached hydrogens (tertiary/aromatic N) is 1. The molecule has 0 aliphatic carbocycles. The standard InChI is InChI=1S/C17H16N4O2S/c1-9-3-4-11(18)7-13(9)16(24)20-12-5-10-6-14(17(22)23-2)21-15(10)19-8-12/h3-8H,18H2,1-2H3,(H,19,21)(H,20,24). The Morgan fingerprint density at radius 2 is 2.12 bits per heavy atom. The van der Waals surface area contributed by atoms with Crippen LogP contribution in [0.2, 0.25) is 0 Å². The minimum Gasteiger partial charge on any atom is -0.464 e. The maximum Gasteiger partial charge on any atom is 0.354 e. The van der Waals surface area contributed by atoms with E-state index in [2.05, 4.69) is 15.3 Å². The Morgan fingerprint density at radius 3 is 2.88 bits per heavy atom. The zero-order chi connectivity index (χ0) is 17.3. The lowest BCUT2D eigenvalue weighted by atomic mass is 10.1. The summed E-state index contributed by atoms with van der Waals surface area (Å²) < 4.78 is 4.70. The number of ether oxygens (including phenoxy) is 1. The molecular formula is C17H16N4O2S. The average molecular weight is 340 g/mol. The number of hydrogen-bond donors (Lipinski definition) is 3. The lowest BCUT2D eigenvalue weighted by molar-refractivity contribution is 0.0595. The zero-order valence-electron chi connectivity index (χ0n) is 13.2. The molecule has 0 fully saturated rings. The van der Waals surface area contributed by atoms with E-state index in [4.69, 9.17) is 22.7 Å². The van der Waals surface area contributed by atoms with Gasteiger partial charge in [0.2, 0.25) is 0 Å². The van der Waals surface area contributed by atoms with Crippen molar-refractivity contribution in [2.24, 2.45) is 0 Å². The van der Waals surface area contributed by atoms with Gasteiger partial charge in [-0.05, 0) is 36.8 Å². The molecule has 0 amide bonds. The maximum absolute atomic E-state index is 11.6. The van der Waals surface area contributed by atoms with E-state index in [0.717, 1.165) is 22.2 Å². The number of H-pyrrole nitrogens is 1. The van der Waals surface area contributed by atoms with Crippen molar-refractivity contribution >= 4 is 45.6 Å². The number of anilines is 2. The number of methoxy groups -OCH3 is 1. The molecule has 1 aromatic carbocycles. The molecule has 2 heterocycles. The van der Waals surface area contributed by atoms with E-state index in [9.17, 15) is 4.79 Å². The molecule has 6 nitrogen and oxygen atoms in total. The predicted octanol–water partition coefficient (Wildman–Crippen LogP) is 3.03. The highest BCUT2D eigenvalue weighted by Gasteiger charge is 2.11. The summed E-state index contributed by atoms with van der Waals surface area (Å²) in [7, 11) is 1.33. The summed E-state index contributed by atoms with van der Waals surface area (Å²) in [6, 6.07) is 9.15. The SMILES string of the molecule is COC(=O)c1cc2cc(NC(=S)c3cc(N)ccc3C)cnc2[nH]1. The largest absolute Gasteiger partial charge is 0.464 e. The fourth-order valence-corrected chi connectivity index (χ4v) is 2.72. The van der Waals surface area contributed by atoms with Gasteiger partial charge in [-0.25, -0.2) is 9.78 Å². The van der Waals surface area contributed by atoms with E-state index < -0.39 is 5.97 Å². The van der Waals surface area contributed by atoms with Gasteiger partial charge in [0.15, 0.2) is 0 Å². The minimum atomic E-state index is -0.437. The van der Waals surface area contributed by atoms with Crippen LogP contribution in [0, 0.1) is 6.92 Å². The van der Waals surface area contributed by atoms with E-state index in [-0.39, 0.29) is 0 Å². The Labute approximate surface area is 144 Å². The molecule has 0 unspecified atom stereocenters. The molecule has 0 radical (unpaired) electrons. The van der Waals surface area contributed by atoms with E-state index in [0.29, 0.717) is 22.0 Å². The van der Waals surface area contributed by atoms with Gasteiger partial charge in [0, 0.05) is 16.6 Å². The summed E-state index contributed by atoms with van der Waals surface area (Å²) in [5.74, 6) is -0.437. The first-order valence-corrected chi connectivity index (χ1v) is 7.63. The number of aromatic nitrogens is 2. The number of pyridine rings is 1. The molecule has 4 N–H and O–H groups in total. The summed E-state index contributed by atoms with van der Waals surface area (Å²) in [5.41, 5.74) is 10.1. The number of carbonyl (C=O) groups is 1. The number of aryl methyl sites for hydroxylation is 1. The molecule has 7 heteroatoms. The highest BCUT2D eigenvalue weighted by molar-refractivity contribution is 7.81. The van der Waals surface area contributed by atoms with Crippen molar-refractivity contribution in [2.75, 3.05) is 18.2 Å². The van der Waals surface area contributed by atoms with Crippen LogP contribution >= 0.6 is 12.2 Å². The number of thiocarbonyl (C=S) groups is 1. The third kappa shape index (κ3) is 3.07. The molecule has 0 aliphatic heterocycles.